The van der Waals surface area contributed by atoms with Crippen molar-refractivity contribution >= 4 is 17.4 Å². The van der Waals surface area contributed by atoms with Crippen molar-refractivity contribution in [2.75, 3.05) is 11.9 Å². The van der Waals surface area contributed by atoms with E-state index in [1.165, 1.54) is 72.2 Å². The molecule has 1 aliphatic heterocycles. The number of halogens is 1. The van der Waals surface area contributed by atoms with Crippen LogP contribution in [0.3, 0.4) is 0 Å². The summed E-state index contributed by atoms with van der Waals surface area (Å²) >= 11 is 6.74. The minimum absolute atomic E-state index is 0.229. The van der Waals surface area contributed by atoms with Crippen LogP contribution in [0, 0.1) is 0 Å². The maximum atomic E-state index is 6.74. The first-order chi connectivity index (χ1) is 18.8. The van der Waals surface area contributed by atoms with Gasteiger partial charge in [-0.2, -0.15) is 5.10 Å². The normalized spacial score (nSPS) is 17.3. The molecule has 208 valence electrons. The molecular weight excluding hydrogens is 500 g/mol. The highest BCUT2D eigenvalue weighted by Crippen LogP contribution is 2.41. The van der Waals surface area contributed by atoms with E-state index in [0.29, 0.717) is 5.92 Å². The summed E-state index contributed by atoms with van der Waals surface area (Å²) in [6.07, 6.45) is 13.7. The topological polar surface area (TPSA) is 42.7 Å². The van der Waals surface area contributed by atoms with E-state index in [2.05, 4.69) is 73.9 Å². The number of hydrogen-bond donors (Lipinski definition) is 1. The number of rotatable bonds is 10. The third-order valence-corrected chi connectivity index (χ3v) is 9.16. The van der Waals surface area contributed by atoms with Crippen molar-refractivity contribution in [1.29, 1.82) is 0 Å². The monoisotopic (exact) mass is 544 g/mol. The molecule has 0 radical (unpaired) electrons. The number of aryl methyl sites for hydroxylation is 4. The predicted octanol–water partition coefficient (Wildman–Crippen LogP) is 8.52. The van der Waals surface area contributed by atoms with Crippen molar-refractivity contribution in [2.45, 2.75) is 102 Å². The smallest absolute Gasteiger partial charge is 0.129 e. The summed E-state index contributed by atoms with van der Waals surface area (Å²) in [5.41, 5.74) is 9.13. The number of benzene rings is 1. The molecule has 1 N–H and O–H groups in total. The number of fused-ring (bicyclic) bond motifs is 1. The second kappa shape index (κ2) is 12.3. The largest absolute Gasteiger partial charge is 0.370 e. The number of anilines is 1. The van der Waals surface area contributed by atoms with Crippen LogP contribution in [-0.2, 0) is 38.1 Å². The fraction of sp³-hybridized carbons (Fsp3) is 0.529. The van der Waals surface area contributed by atoms with E-state index in [1.807, 2.05) is 0 Å². The summed E-state index contributed by atoms with van der Waals surface area (Å²) in [5, 5.41) is 9.25. The zero-order valence-corrected chi connectivity index (χ0v) is 24.9. The van der Waals surface area contributed by atoms with E-state index in [1.54, 1.807) is 0 Å². The summed E-state index contributed by atoms with van der Waals surface area (Å²) in [4.78, 5) is 4.87. The first-order valence-electron chi connectivity index (χ1n) is 15.0. The van der Waals surface area contributed by atoms with Crippen LogP contribution in [0.25, 0.3) is 0 Å². The molecule has 0 spiro atoms. The number of hydrogen-bond acceptors (Lipinski definition) is 3. The molecule has 0 amide bonds. The molecular formula is C34H45ClN4. The molecule has 1 atom stereocenters. The van der Waals surface area contributed by atoms with Gasteiger partial charge in [0.05, 0.1) is 5.69 Å². The average molecular weight is 545 g/mol. The van der Waals surface area contributed by atoms with Gasteiger partial charge in [0.1, 0.15) is 5.82 Å². The van der Waals surface area contributed by atoms with Crippen molar-refractivity contribution in [3.8, 4) is 0 Å². The molecule has 5 rings (SSSR count). The van der Waals surface area contributed by atoms with Crippen LogP contribution in [0.1, 0.15) is 105 Å². The maximum Gasteiger partial charge on any atom is 0.129 e. The lowest BCUT2D eigenvalue weighted by Crippen LogP contribution is -2.25. The highest BCUT2D eigenvalue weighted by molar-refractivity contribution is 6.30. The molecule has 3 aromatic rings. The second-order valence-corrected chi connectivity index (χ2v) is 12.8. The van der Waals surface area contributed by atoms with Crippen LogP contribution in [0.15, 0.2) is 48.6 Å². The van der Waals surface area contributed by atoms with Crippen molar-refractivity contribution in [3.63, 3.8) is 0 Å². The fourth-order valence-electron chi connectivity index (χ4n) is 6.66. The highest BCUT2D eigenvalue weighted by atomic mass is 35.5. The van der Waals surface area contributed by atoms with Crippen LogP contribution in [0.2, 0.25) is 5.02 Å². The third-order valence-electron chi connectivity index (χ3n) is 8.94. The van der Waals surface area contributed by atoms with Crippen LogP contribution >= 0.6 is 11.6 Å². The first-order valence-corrected chi connectivity index (χ1v) is 15.4. The molecule has 3 heterocycles. The van der Waals surface area contributed by atoms with Crippen molar-refractivity contribution in [1.82, 2.24) is 14.8 Å². The Morgan fingerprint density at radius 3 is 2.69 bits per heavy atom. The summed E-state index contributed by atoms with van der Waals surface area (Å²) in [7, 11) is 2.08. The Balaban J connectivity index is 1.28. The average Bonchev–Trinajstić information content (AvgIpc) is 3.26. The minimum Gasteiger partial charge on any atom is -0.370 e. The molecule has 5 heteroatoms. The van der Waals surface area contributed by atoms with Gasteiger partial charge in [0, 0.05) is 30.0 Å². The number of allylic oxidation sites excluding steroid dienone is 1. The zero-order chi connectivity index (χ0) is 27.4. The van der Waals surface area contributed by atoms with Gasteiger partial charge in [0.25, 0.3) is 0 Å². The summed E-state index contributed by atoms with van der Waals surface area (Å²) in [5.74, 6) is 1.41. The van der Waals surface area contributed by atoms with Gasteiger partial charge in [-0.1, -0.05) is 55.5 Å². The maximum absolute atomic E-state index is 6.74. The number of nitrogens with zero attached hydrogens (tertiary/aromatic N) is 3. The van der Waals surface area contributed by atoms with Crippen molar-refractivity contribution in [2.24, 2.45) is 7.05 Å². The summed E-state index contributed by atoms with van der Waals surface area (Å²) < 4.78 is 2.07. The molecule has 1 aliphatic carbocycles. The lowest BCUT2D eigenvalue weighted by atomic mass is 9.70. The SMILES string of the molecule is C=C(C)CC(Cc1cc(CCCc2ccc3c(n2)NCCC3)n(C)n1)c1cc(Cl)cc(C2(C)CCCCC2)c1. The van der Waals surface area contributed by atoms with E-state index in [4.69, 9.17) is 21.7 Å². The summed E-state index contributed by atoms with van der Waals surface area (Å²) in [6.45, 7) is 9.85. The van der Waals surface area contributed by atoms with Gasteiger partial charge in [-0.25, -0.2) is 4.98 Å². The third kappa shape index (κ3) is 6.95. The first kappa shape index (κ1) is 28.0. The number of aromatic nitrogens is 3. The highest BCUT2D eigenvalue weighted by Gasteiger charge is 2.30. The lowest BCUT2D eigenvalue weighted by Gasteiger charge is -2.35. The Bertz CT molecular complexity index is 1300. The Labute approximate surface area is 240 Å². The van der Waals surface area contributed by atoms with Gasteiger partial charge in [0.15, 0.2) is 0 Å². The standard InChI is InChI=1S/C34H45ClN4/c1-24(2)18-26(27-19-28(22-29(35)20-27)34(3)15-6-5-7-16-34)21-31-23-32(39(4)38-31)12-8-11-30-14-13-25-10-9-17-36-33(25)37-30/h13-14,19-20,22-23,26H,1,5-12,15-18,21H2,2-4H3,(H,36,37). The molecule has 2 aliphatic rings. The molecule has 1 fully saturated rings. The van der Waals surface area contributed by atoms with Crippen LogP contribution in [0.5, 0.6) is 0 Å². The Kier molecular flexibility index (Phi) is 8.81. The molecule has 1 saturated carbocycles. The molecule has 0 bridgehead atoms. The van der Waals surface area contributed by atoms with E-state index < -0.39 is 0 Å². The van der Waals surface area contributed by atoms with Gasteiger partial charge >= 0.3 is 0 Å². The molecule has 4 nitrogen and oxygen atoms in total. The molecule has 1 unspecified atom stereocenters. The zero-order valence-electron chi connectivity index (χ0n) is 24.2. The number of nitrogens with one attached hydrogen (secondary N) is 1. The Morgan fingerprint density at radius 1 is 1.08 bits per heavy atom. The Morgan fingerprint density at radius 2 is 1.90 bits per heavy atom. The van der Waals surface area contributed by atoms with Crippen LogP contribution in [0.4, 0.5) is 5.82 Å². The molecule has 39 heavy (non-hydrogen) atoms. The fourth-order valence-corrected chi connectivity index (χ4v) is 6.91. The predicted molar refractivity (Wildman–Crippen MR) is 164 cm³/mol. The van der Waals surface area contributed by atoms with Crippen LogP contribution < -0.4 is 5.32 Å². The van der Waals surface area contributed by atoms with Crippen molar-refractivity contribution < 1.29 is 0 Å². The molecule has 1 aromatic carbocycles. The summed E-state index contributed by atoms with van der Waals surface area (Å²) in [6, 6.07) is 13.6. The van der Waals surface area contributed by atoms with Gasteiger partial charge in [-0.3, -0.25) is 4.68 Å². The van der Waals surface area contributed by atoms with E-state index in [-0.39, 0.29) is 5.41 Å². The van der Waals surface area contributed by atoms with Gasteiger partial charge < -0.3 is 5.32 Å². The van der Waals surface area contributed by atoms with Gasteiger partial charge in [-0.15, -0.1) is 6.58 Å². The number of pyridine rings is 1. The second-order valence-electron chi connectivity index (χ2n) is 12.4. The molecule has 0 saturated heterocycles. The Hall–Kier alpha value is -2.59. The van der Waals surface area contributed by atoms with E-state index >= 15 is 0 Å². The van der Waals surface area contributed by atoms with Crippen LogP contribution in [-0.4, -0.2) is 21.3 Å². The van der Waals surface area contributed by atoms with Gasteiger partial charge in [0.2, 0.25) is 0 Å². The van der Waals surface area contributed by atoms with E-state index in [9.17, 15) is 0 Å². The van der Waals surface area contributed by atoms with Crippen molar-refractivity contribution in [3.05, 3.63) is 87.3 Å². The minimum atomic E-state index is 0.229. The van der Waals surface area contributed by atoms with Gasteiger partial charge in [-0.05, 0) is 117 Å². The van der Waals surface area contributed by atoms with E-state index in [0.717, 1.165) is 61.6 Å². The quantitative estimate of drug-likeness (QED) is 0.260. The molecule has 2 aromatic heterocycles. The lowest BCUT2D eigenvalue weighted by molar-refractivity contribution is 0.319.